The average molecular weight is 541 g/mol. The molecule has 0 bridgehead atoms. The molecule has 0 atom stereocenters. The van der Waals surface area contributed by atoms with Gasteiger partial charge in [0.25, 0.3) is 15.9 Å². The Bertz CT molecular complexity index is 1220. The van der Waals surface area contributed by atoms with Crippen LogP contribution in [0.25, 0.3) is 0 Å². The van der Waals surface area contributed by atoms with Crippen LogP contribution < -0.4 is 14.5 Å². The largest absolute Gasteiger partial charge is 0.497 e. The molecule has 1 aromatic heterocycles. The van der Waals surface area contributed by atoms with E-state index in [4.69, 9.17) is 20.8 Å². The van der Waals surface area contributed by atoms with Crippen molar-refractivity contribution in [3.05, 3.63) is 75.6 Å². The smallest absolute Gasteiger partial charge is 0.264 e. The van der Waals surface area contributed by atoms with Gasteiger partial charge in [-0.1, -0.05) is 17.7 Å². The van der Waals surface area contributed by atoms with Gasteiger partial charge >= 0.3 is 0 Å². The summed E-state index contributed by atoms with van der Waals surface area (Å²) in [5.74, 6) is 0.938. The number of hydrazone groups is 1. The summed E-state index contributed by atoms with van der Waals surface area (Å²) in [6, 6.07) is 13.8. The first kappa shape index (κ1) is 23.8. The van der Waals surface area contributed by atoms with Gasteiger partial charge in [-0.15, -0.1) is 0 Å². The molecule has 0 aliphatic rings. The normalized spacial score (nSPS) is 11.5. The zero-order chi connectivity index (χ0) is 23.3. The molecule has 0 unspecified atom stereocenters. The van der Waals surface area contributed by atoms with Crippen LogP contribution in [0.2, 0.25) is 5.02 Å². The number of methoxy groups -OCH3 is 1. The van der Waals surface area contributed by atoms with Crippen molar-refractivity contribution in [1.29, 1.82) is 0 Å². The molecule has 1 amide bonds. The Hall–Kier alpha value is -2.82. The lowest BCUT2D eigenvalue weighted by molar-refractivity contribution is -0.119. The molecule has 0 aliphatic heterocycles. The fraction of sp³-hybridized carbons (Fsp3) is 0.143. The summed E-state index contributed by atoms with van der Waals surface area (Å²) in [7, 11) is -2.61. The van der Waals surface area contributed by atoms with Crippen LogP contribution >= 0.6 is 27.5 Å². The number of carbonyl (C=O) groups excluding carboxylic acids is 1. The highest BCUT2D eigenvalue weighted by molar-refractivity contribution is 9.10. The Morgan fingerprint density at radius 1 is 1.25 bits per heavy atom. The van der Waals surface area contributed by atoms with Crippen molar-refractivity contribution < 1.29 is 22.4 Å². The number of nitrogens with zero attached hydrogens (tertiary/aromatic N) is 2. The number of ether oxygens (including phenoxy) is 1. The maximum Gasteiger partial charge on any atom is 0.264 e. The summed E-state index contributed by atoms with van der Waals surface area (Å²) in [6.45, 7) is 1.25. The van der Waals surface area contributed by atoms with E-state index in [9.17, 15) is 13.2 Å². The van der Waals surface area contributed by atoms with Crippen LogP contribution in [0.5, 0.6) is 5.75 Å². The minimum Gasteiger partial charge on any atom is -0.497 e. The standard InChI is InChI=1S/C21H19BrClN3O5S/c1-14-20(22)11-18(31-14)12-24-25-21(27)13-26(16-5-3-4-15(23)10-16)32(28,29)19-8-6-17(30-2)7-9-19/h3-12H,13H2,1-2H3,(H,25,27)/b24-12-. The minimum absolute atomic E-state index is 0.00881. The number of furan rings is 1. The van der Waals surface area contributed by atoms with Gasteiger partial charge in [-0.2, -0.15) is 5.10 Å². The van der Waals surface area contributed by atoms with Crippen molar-refractivity contribution >= 4 is 55.4 Å². The molecule has 0 saturated heterocycles. The molecule has 11 heteroatoms. The van der Waals surface area contributed by atoms with E-state index < -0.39 is 22.5 Å². The summed E-state index contributed by atoms with van der Waals surface area (Å²) < 4.78 is 38.9. The summed E-state index contributed by atoms with van der Waals surface area (Å²) >= 11 is 9.37. The molecule has 3 rings (SSSR count). The molecular formula is C21H19BrClN3O5S. The van der Waals surface area contributed by atoms with Crippen LogP contribution in [0.15, 0.2) is 73.5 Å². The number of sulfonamides is 1. The first-order chi connectivity index (χ1) is 15.2. The lowest BCUT2D eigenvalue weighted by Crippen LogP contribution is -2.39. The Balaban J connectivity index is 1.85. The van der Waals surface area contributed by atoms with E-state index in [2.05, 4.69) is 26.5 Å². The van der Waals surface area contributed by atoms with Gasteiger partial charge in [0.15, 0.2) is 0 Å². The van der Waals surface area contributed by atoms with Gasteiger partial charge in [-0.05, 0) is 65.3 Å². The number of halogens is 2. The van der Waals surface area contributed by atoms with E-state index in [0.29, 0.717) is 22.3 Å². The molecule has 168 valence electrons. The van der Waals surface area contributed by atoms with E-state index >= 15 is 0 Å². The van der Waals surface area contributed by atoms with Crippen molar-refractivity contribution in [2.45, 2.75) is 11.8 Å². The van der Waals surface area contributed by atoms with E-state index in [-0.39, 0.29) is 10.6 Å². The monoisotopic (exact) mass is 539 g/mol. The Kier molecular flexibility index (Phi) is 7.60. The maximum atomic E-state index is 13.3. The molecule has 8 nitrogen and oxygen atoms in total. The van der Waals surface area contributed by atoms with Crippen LogP contribution in [-0.4, -0.2) is 34.2 Å². The molecule has 2 aromatic carbocycles. The van der Waals surface area contributed by atoms with Gasteiger partial charge in [-0.3, -0.25) is 9.10 Å². The summed E-state index contributed by atoms with van der Waals surface area (Å²) in [5, 5.41) is 4.16. The fourth-order valence-electron chi connectivity index (χ4n) is 2.70. The number of carbonyl (C=O) groups is 1. The van der Waals surface area contributed by atoms with Crippen LogP contribution in [-0.2, 0) is 14.8 Å². The number of hydrogen-bond acceptors (Lipinski definition) is 6. The lowest BCUT2D eigenvalue weighted by atomic mass is 10.3. The highest BCUT2D eigenvalue weighted by Crippen LogP contribution is 2.27. The molecule has 3 aromatic rings. The molecule has 0 aliphatic carbocycles. The second-order valence-electron chi connectivity index (χ2n) is 6.51. The first-order valence-corrected chi connectivity index (χ1v) is 11.8. The Labute approximate surface area is 199 Å². The van der Waals surface area contributed by atoms with Crippen molar-refractivity contribution in [3.8, 4) is 5.75 Å². The number of anilines is 1. The number of amides is 1. The third kappa shape index (κ3) is 5.70. The SMILES string of the molecule is COc1ccc(S(=O)(=O)N(CC(=O)N/N=C\c2cc(Br)c(C)o2)c2cccc(Cl)c2)cc1. The molecule has 0 fully saturated rings. The molecule has 32 heavy (non-hydrogen) atoms. The van der Waals surface area contributed by atoms with Crippen molar-refractivity contribution in [2.24, 2.45) is 5.10 Å². The average Bonchev–Trinajstić information content (AvgIpc) is 3.09. The molecular weight excluding hydrogens is 522 g/mol. The predicted molar refractivity (Wildman–Crippen MR) is 126 cm³/mol. The fourth-order valence-corrected chi connectivity index (χ4v) is 4.60. The number of aryl methyl sites for hydroxylation is 1. The van der Waals surface area contributed by atoms with Crippen molar-refractivity contribution in [3.63, 3.8) is 0 Å². The summed E-state index contributed by atoms with van der Waals surface area (Å²) in [5.41, 5.74) is 2.55. The molecule has 0 radical (unpaired) electrons. The number of hydrogen-bond donors (Lipinski definition) is 1. The van der Waals surface area contributed by atoms with Crippen LogP contribution in [0.4, 0.5) is 5.69 Å². The highest BCUT2D eigenvalue weighted by atomic mass is 79.9. The predicted octanol–water partition coefficient (Wildman–Crippen LogP) is 4.36. The van der Waals surface area contributed by atoms with Gasteiger partial charge in [0.1, 0.15) is 23.8 Å². The van der Waals surface area contributed by atoms with E-state index in [0.717, 1.165) is 8.78 Å². The zero-order valence-electron chi connectivity index (χ0n) is 17.1. The number of benzene rings is 2. The molecule has 0 spiro atoms. The third-order valence-corrected chi connectivity index (χ3v) is 7.10. The van der Waals surface area contributed by atoms with Gasteiger partial charge in [0, 0.05) is 11.1 Å². The van der Waals surface area contributed by atoms with Crippen molar-refractivity contribution in [1.82, 2.24) is 5.43 Å². The third-order valence-electron chi connectivity index (χ3n) is 4.29. The zero-order valence-corrected chi connectivity index (χ0v) is 20.2. The van der Waals surface area contributed by atoms with Gasteiger partial charge in [-0.25, -0.2) is 13.8 Å². The molecule has 1 heterocycles. The highest BCUT2D eigenvalue weighted by Gasteiger charge is 2.27. The second kappa shape index (κ2) is 10.2. The minimum atomic E-state index is -4.09. The van der Waals surface area contributed by atoms with Gasteiger partial charge in [0.2, 0.25) is 0 Å². The molecule has 1 N–H and O–H groups in total. The van der Waals surface area contributed by atoms with Gasteiger partial charge in [0.05, 0.1) is 28.4 Å². The van der Waals surface area contributed by atoms with Crippen LogP contribution in [0, 0.1) is 6.92 Å². The van der Waals surface area contributed by atoms with E-state index in [1.807, 2.05) is 0 Å². The van der Waals surface area contributed by atoms with Crippen LogP contribution in [0.3, 0.4) is 0 Å². The lowest BCUT2D eigenvalue weighted by Gasteiger charge is -2.24. The Morgan fingerprint density at radius 2 is 1.97 bits per heavy atom. The number of nitrogens with one attached hydrogen (secondary N) is 1. The Morgan fingerprint density at radius 3 is 2.56 bits per heavy atom. The molecule has 0 saturated carbocycles. The summed E-state index contributed by atoms with van der Waals surface area (Å²) in [4.78, 5) is 12.5. The van der Waals surface area contributed by atoms with E-state index in [1.54, 1.807) is 31.2 Å². The van der Waals surface area contributed by atoms with Crippen LogP contribution in [0.1, 0.15) is 11.5 Å². The van der Waals surface area contributed by atoms with Gasteiger partial charge < -0.3 is 9.15 Å². The quantitative estimate of drug-likeness (QED) is 0.338. The maximum absolute atomic E-state index is 13.3. The van der Waals surface area contributed by atoms with Crippen molar-refractivity contribution in [2.75, 3.05) is 18.0 Å². The topological polar surface area (TPSA) is 101 Å². The second-order valence-corrected chi connectivity index (χ2v) is 9.67. The number of rotatable bonds is 8. The summed E-state index contributed by atoms with van der Waals surface area (Å²) in [6.07, 6.45) is 1.32. The first-order valence-electron chi connectivity index (χ1n) is 9.21. The van der Waals surface area contributed by atoms with E-state index in [1.165, 1.54) is 43.7 Å².